The largest absolute Gasteiger partial charge is 0.493 e. The summed E-state index contributed by atoms with van der Waals surface area (Å²) < 4.78 is 10.5. The van der Waals surface area contributed by atoms with Gasteiger partial charge in [0.05, 0.1) is 19.2 Å². The molecular weight excluding hydrogens is 240 g/mol. The number of halogens is 1. The molecule has 1 aliphatic rings. The Morgan fingerprint density at radius 2 is 2.06 bits per heavy atom. The SMILES string of the molecule is COc1ccc([C@H]2CNCCN2)c(Cl)c1OC. The van der Waals surface area contributed by atoms with E-state index in [2.05, 4.69) is 10.6 Å². The molecule has 2 rings (SSSR count). The molecule has 4 nitrogen and oxygen atoms in total. The second kappa shape index (κ2) is 5.58. The van der Waals surface area contributed by atoms with Crippen LogP contribution in [0.5, 0.6) is 11.5 Å². The second-order valence-electron chi connectivity index (χ2n) is 3.92. The van der Waals surface area contributed by atoms with Crippen LogP contribution in [0, 0.1) is 0 Å². The van der Waals surface area contributed by atoms with E-state index in [0.717, 1.165) is 25.2 Å². The smallest absolute Gasteiger partial charge is 0.179 e. The molecular formula is C12H17ClN2O2. The molecule has 1 atom stereocenters. The Hall–Kier alpha value is -0.970. The Labute approximate surface area is 106 Å². The molecule has 17 heavy (non-hydrogen) atoms. The number of ether oxygens (including phenoxy) is 2. The zero-order valence-electron chi connectivity index (χ0n) is 10.0. The standard InChI is InChI=1S/C12H17ClN2O2/c1-16-10-4-3-8(11(13)12(10)17-2)9-7-14-5-6-15-9/h3-4,9,14-15H,5-7H2,1-2H3/t9-/m1/s1. The zero-order chi connectivity index (χ0) is 12.3. The highest BCUT2D eigenvalue weighted by molar-refractivity contribution is 6.33. The van der Waals surface area contributed by atoms with Gasteiger partial charge in [-0.15, -0.1) is 0 Å². The summed E-state index contributed by atoms with van der Waals surface area (Å²) in [5.41, 5.74) is 1.04. The van der Waals surface area contributed by atoms with Gasteiger partial charge in [-0.25, -0.2) is 0 Å². The van der Waals surface area contributed by atoms with Gasteiger partial charge in [-0.05, 0) is 11.6 Å². The van der Waals surface area contributed by atoms with Crippen LogP contribution < -0.4 is 20.1 Å². The fourth-order valence-electron chi connectivity index (χ4n) is 2.05. The van der Waals surface area contributed by atoms with E-state index >= 15 is 0 Å². The molecule has 0 aromatic heterocycles. The summed E-state index contributed by atoms with van der Waals surface area (Å²) in [6.07, 6.45) is 0. The van der Waals surface area contributed by atoms with Crippen molar-refractivity contribution < 1.29 is 9.47 Å². The molecule has 1 aromatic carbocycles. The van der Waals surface area contributed by atoms with Crippen LogP contribution in [-0.4, -0.2) is 33.9 Å². The molecule has 1 aromatic rings. The van der Waals surface area contributed by atoms with E-state index in [-0.39, 0.29) is 6.04 Å². The Bertz CT molecular complexity index is 392. The summed E-state index contributed by atoms with van der Waals surface area (Å²) in [6.45, 7) is 2.80. The van der Waals surface area contributed by atoms with Crippen molar-refractivity contribution in [2.24, 2.45) is 0 Å². The van der Waals surface area contributed by atoms with Crippen LogP contribution in [0.15, 0.2) is 12.1 Å². The topological polar surface area (TPSA) is 42.5 Å². The normalized spacial score (nSPS) is 20.1. The molecule has 0 saturated carbocycles. The first-order valence-corrected chi connectivity index (χ1v) is 6.00. The van der Waals surface area contributed by atoms with Gasteiger partial charge in [0.15, 0.2) is 11.5 Å². The van der Waals surface area contributed by atoms with Gasteiger partial charge in [-0.1, -0.05) is 17.7 Å². The lowest BCUT2D eigenvalue weighted by Crippen LogP contribution is -2.42. The molecule has 0 bridgehead atoms. The van der Waals surface area contributed by atoms with Crippen molar-refractivity contribution in [1.82, 2.24) is 10.6 Å². The Kier molecular flexibility index (Phi) is 4.10. The van der Waals surface area contributed by atoms with Crippen molar-refractivity contribution in [3.63, 3.8) is 0 Å². The third kappa shape index (κ3) is 2.49. The molecule has 2 N–H and O–H groups in total. The van der Waals surface area contributed by atoms with Gasteiger partial charge in [0, 0.05) is 25.7 Å². The molecule has 1 heterocycles. The number of hydrogen-bond donors (Lipinski definition) is 2. The minimum atomic E-state index is 0.219. The number of nitrogens with one attached hydrogen (secondary N) is 2. The van der Waals surface area contributed by atoms with Crippen molar-refractivity contribution in [2.75, 3.05) is 33.9 Å². The Balaban J connectivity index is 2.34. The highest BCUT2D eigenvalue weighted by Gasteiger charge is 2.21. The quantitative estimate of drug-likeness (QED) is 0.862. The van der Waals surface area contributed by atoms with Crippen LogP contribution >= 0.6 is 11.6 Å². The van der Waals surface area contributed by atoms with Crippen LogP contribution in [0.4, 0.5) is 0 Å². The van der Waals surface area contributed by atoms with Crippen LogP contribution in [0.1, 0.15) is 11.6 Å². The number of piperazine rings is 1. The van der Waals surface area contributed by atoms with Crippen molar-refractivity contribution in [3.8, 4) is 11.5 Å². The summed E-state index contributed by atoms with van der Waals surface area (Å²) >= 11 is 6.35. The number of benzene rings is 1. The Morgan fingerprint density at radius 1 is 1.24 bits per heavy atom. The summed E-state index contributed by atoms with van der Waals surface area (Å²) in [7, 11) is 3.20. The molecule has 0 radical (unpaired) electrons. The third-order valence-electron chi connectivity index (χ3n) is 2.93. The van der Waals surface area contributed by atoms with E-state index in [0.29, 0.717) is 16.5 Å². The van der Waals surface area contributed by atoms with Gasteiger partial charge < -0.3 is 20.1 Å². The van der Waals surface area contributed by atoms with Crippen molar-refractivity contribution in [3.05, 3.63) is 22.7 Å². The predicted octanol–water partition coefficient (Wildman–Crippen LogP) is 1.59. The third-order valence-corrected chi connectivity index (χ3v) is 3.32. The van der Waals surface area contributed by atoms with Gasteiger partial charge in [0.1, 0.15) is 0 Å². The summed E-state index contributed by atoms with van der Waals surface area (Å²) in [6, 6.07) is 4.08. The maximum Gasteiger partial charge on any atom is 0.179 e. The van der Waals surface area contributed by atoms with Gasteiger partial charge in [0.25, 0.3) is 0 Å². The first-order chi connectivity index (χ1) is 8.27. The first kappa shape index (κ1) is 12.5. The van der Waals surface area contributed by atoms with Crippen LogP contribution in [0.2, 0.25) is 5.02 Å². The van der Waals surface area contributed by atoms with Gasteiger partial charge >= 0.3 is 0 Å². The van der Waals surface area contributed by atoms with E-state index in [9.17, 15) is 0 Å². The molecule has 1 fully saturated rings. The molecule has 0 amide bonds. The second-order valence-corrected chi connectivity index (χ2v) is 4.29. The van der Waals surface area contributed by atoms with Crippen LogP contribution in [-0.2, 0) is 0 Å². The molecule has 0 unspecified atom stereocenters. The van der Waals surface area contributed by atoms with E-state index in [4.69, 9.17) is 21.1 Å². The fraction of sp³-hybridized carbons (Fsp3) is 0.500. The number of rotatable bonds is 3. The van der Waals surface area contributed by atoms with Gasteiger partial charge in [-0.2, -0.15) is 0 Å². The molecule has 0 aliphatic carbocycles. The van der Waals surface area contributed by atoms with Crippen LogP contribution in [0.25, 0.3) is 0 Å². The monoisotopic (exact) mass is 256 g/mol. The van der Waals surface area contributed by atoms with Crippen molar-refractivity contribution in [1.29, 1.82) is 0 Å². The van der Waals surface area contributed by atoms with Crippen molar-refractivity contribution in [2.45, 2.75) is 6.04 Å². The number of methoxy groups -OCH3 is 2. The first-order valence-electron chi connectivity index (χ1n) is 5.62. The molecule has 1 aliphatic heterocycles. The van der Waals surface area contributed by atoms with Gasteiger partial charge in [0.2, 0.25) is 0 Å². The number of hydrogen-bond acceptors (Lipinski definition) is 4. The molecule has 1 saturated heterocycles. The average molecular weight is 257 g/mol. The van der Waals surface area contributed by atoms with E-state index in [1.807, 2.05) is 12.1 Å². The fourth-order valence-corrected chi connectivity index (χ4v) is 2.41. The summed E-state index contributed by atoms with van der Waals surface area (Å²) in [4.78, 5) is 0. The lowest BCUT2D eigenvalue weighted by Gasteiger charge is -2.26. The maximum atomic E-state index is 6.35. The predicted molar refractivity (Wildman–Crippen MR) is 68.2 cm³/mol. The minimum Gasteiger partial charge on any atom is -0.493 e. The zero-order valence-corrected chi connectivity index (χ0v) is 10.8. The summed E-state index contributed by atoms with van der Waals surface area (Å²) in [5, 5.41) is 7.37. The summed E-state index contributed by atoms with van der Waals surface area (Å²) in [5.74, 6) is 1.25. The maximum absolute atomic E-state index is 6.35. The molecule has 94 valence electrons. The lowest BCUT2D eigenvalue weighted by atomic mass is 10.0. The lowest BCUT2D eigenvalue weighted by molar-refractivity contribution is 0.353. The molecule has 0 spiro atoms. The van der Waals surface area contributed by atoms with E-state index in [1.165, 1.54) is 0 Å². The van der Waals surface area contributed by atoms with Gasteiger partial charge in [-0.3, -0.25) is 0 Å². The minimum absolute atomic E-state index is 0.219. The highest BCUT2D eigenvalue weighted by Crippen LogP contribution is 2.39. The average Bonchev–Trinajstić information content (AvgIpc) is 2.39. The highest BCUT2D eigenvalue weighted by atomic mass is 35.5. The molecule has 5 heteroatoms. The van der Waals surface area contributed by atoms with Crippen molar-refractivity contribution >= 4 is 11.6 Å². The van der Waals surface area contributed by atoms with E-state index in [1.54, 1.807) is 14.2 Å². The Morgan fingerprint density at radius 3 is 2.65 bits per heavy atom. The van der Waals surface area contributed by atoms with Crippen LogP contribution in [0.3, 0.4) is 0 Å². The van der Waals surface area contributed by atoms with E-state index < -0.39 is 0 Å².